The van der Waals surface area contributed by atoms with E-state index in [1.54, 1.807) is 13.1 Å². The van der Waals surface area contributed by atoms with Crippen LogP contribution in [0.4, 0.5) is 5.69 Å². The third kappa shape index (κ3) is 3.64. The van der Waals surface area contributed by atoms with Crippen molar-refractivity contribution in [2.24, 2.45) is 0 Å². The molecule has 1 aliphatic heterocycles. The quantitative estimate of drug-likeness (QED) is 0.641. The number of pyridine rings is 3. The predicted octanol–water partition coefficient (Wildman–Crippen LogP) is 2.09. The largest absolute Gasteiger partial charge is 0.364 e. The minimum Gasteiger partial charge on any atom is -0.364 e. The normalized spacial score (nSPS) is 20.6. The number of anilines is 1. The lowest BCUT2D eigenvalue weighted by atomic mass is 9.81. The van der Waals surface area contributed by atoms with Crippen LogP contribution in [-0.4, -0.2) is 58.0 Å². The van der Waals surface area contributed by atoms with E-state index >= 15 is 0 Å². The first-order valence-corrected chi connectivity index (χ1v) is 11.3. The van der Waals surface area contributed by atoms with E-state index in [-0.39, 0.29) is 11.5 Å². The van der Waals surface area contributed by atoms with Gasteiger partial charge in [0.2, 0.25) is 0 Å². The van der Waals surface area contributed by atoms with Gasteiger partial charge in [-0.3, -0.25) is 19.5 Å². The van der Waals surface area contributed by atoms with E-state index in [0.717, 1.165) is 53.9 Å². The molecule has 1 amide bonds. The van der Waals surface area contributed by atoms with Gasteiger partial charge in [0.15, 0.2) is 0 Å². The van der Waals surface area contributed by atoms with Gasteiger partial charge in [-0.1, -0.05) is 6.92 Å². The number of hydrogen-bond donors (Lipinski definition) is 2. The molecule has 0 spiro atoms. The number of aromatic nitrogens is 3. The molecule has 2 atom stereocenters. The lowest BCUT2D eigenvalue weighted by Gasteiger charge is -2.54. The molecule has 0 bridgehead atoms. The van der Waals surface area contributed by atoms with Crippen molar-refractivity contribution < 1.29 is 4.79 Å². The van der Waals surface area contributed by atoms with E-state index in [4.69, 9.17) is 0 Å². The summed E-state index contributed by atoms with van der Waals surface area (Å²) in [6.45, 7) is 4.66. The molecule has 32 heavy (non-hydrogen) atoms. The van der Waals surface area contributed by atoms with Crippen LogP contribution >= 0.6 is 0 Å². The van der Waals surface area contributed by atoms with Gasteiger partial charge in [-0.05, 0) is 49.1 Å². The fraction of sp³-hybridized carbons (Fsp3) is 0.417. The van der Waals surface area contributed by atoms with Gasteiger partial charge in [0.25, 0.3) is 11.5 Å². The maximum Gasteiger partial charge on any atom is 0.269 e. The Labute approximate surface area is 186 Å². The second-order valence-electron chi connectivity index (χ2n) is 8.61. The topological polar surface area (TPSA) is 94.2 Å². The van der Waals surface area contributed by atoms with Crippen LogP contribution in [0.15, 0.2) is 41.5 Å². The van der Waals surface area contributed by atoms with Crippen molar-refractivity contribution in [1.82, 2.24) is 25.2 Å². The molecule has 2 aliphatic rings. The van der Waals surface area contributed by atoms with E-state index < -0.39 is 0 Å². The fourth-order valence-corrected chi connectivity index (χ4v) is 4.91. The number of carbonyl (C=O) groups is 1. The monoisotopic (exact) mass is 432 g/mol. The van der Waals surface area contributed by atoms with Crippen molar-refractivity contribution in [3.63, 3.8) is 0 Å². The maximum absolute atomic E-state index is 12.2. The summed E-state index contributed by atoms with van der Waals surface area (Å²) >= 11 is 0. The van der Waals surface area contributed by atoms with Crippen LogP contribution in [-0.2, 0) is 13.0 Å². The Morgan fingerprint density at radius 2 is 2.00 bits per heavy atom. The van der Waals surface area contributed by atoms with Crippen molar-refractivity contribution >= 4 is 22.6 Å². The Hall–Kier alpha value is -3.26. The number of aromatic amines is 1. The molecule has 0 aromatic carbocycles. The van der Waals surface area contributed by atoms with Gasteiger partial charge < -0.3 is 15.2 Å². The average molecular weight is 433 g/mol. The van der Waals surface area contributed by atoms with Crippen molar-refractivity contribution in [3.05, 3.63) is 63.8 Å². The first-order chi connectivity index (χ1) is 15.6. The molecule has 0 unspecified atom stereocenters. The summed E-state index contributed by atoms with van der Waals surface area (Å²) in [4.78, 5) is 40.8. The lowest BCUT2D eigenvalue weighted by molar-refractivity contribution is 0.0658. The number of H-pyrrole nitrogens is 1. The summed E-state index contributed by atoms with van der Waals surface area (Å²) in [5.74, 6) is -0.167. The minimum absolute atomic E-state index is 0.0253. The van der Waals surface area contributed by atoms with Crippen LogP contribution < -0.4 is 15.8 Å². The molecule has 1 saturated carbocycles. The Kier molecular flexibility index (Phi) is 5.38. The number of aryl methyl sites for hydroxylation is 1. The third-order valence-corrected chi connectivity index (χ3v) is 6.83. The van der Waals surface area contributed by atoms with Crippen LogP contribution in [0.25, 0.3) is 11.0 Å². The number of hydrogen-bond acceptors (Lipinski definition) is 6. The van der Waals surface area contributed by atoms with E-state index in [1.165, 1.54) is 6.42 Å². The smallest absolute Gasteiger partial charge is 0.269 e. The molecule has 1 saturated heterocycles. The van der Waals surface area contributed by atoms with Crippen LogP contribution in [0.5, 0.6) is 0 Å². The molecular weight excluding hydrogens is 404 g/mol. The molecule has 3 aromatic heterocycles. The summed E-state index contributed by atoms with van der Waals surface area (Å²) in [6, 6.07) is 8.68. The molecule has 2 N–H and O–H groups in total. The van der Waals surface area contributed by atoms with Gasteiger partial charge in [-0.2, -0.15) is 0 Å². The molecule has 3 aromatic rings. The van der Waals surface area contributed by atoms with E-state index in [1.807, 2.05) is 31.5 Å². The van der Waals surface area contributed by atoms with E-state index in [9.17, 15) is 9.59 Å². The highest BCUT2D eigenvalue weighted by molar-refractivity contribution is 5.92. The minimum atomic E-state index is -0.167. The average Bonchev–Trinajstić information content (AvgIpc) is 2.79. The predicted molar refractivity (Wildman–Crippen MR) is 124 cm³/mol. The van der Waals surface area contributed by atoms with E-state index in [2.05, 4.69) is 36.1 Å². The first kappa shape index (κ1) is 20.6. The van der Waals surface area contributed by atoms with Crippen molar-refractivity contribution in [2.45, 2.75) is 44.8 Å². The highest BCUT2D eigenvalue weighted by Crippen LogP contribution is 2.37. The summed E-state index contributed by atoms with van der Waals surface area (Å²) in [6.07, 6.45) is 6.77. The maximum atomic E-state index is 12.2. The van der Waals surface area contributed by atoms with Gasteiger partial charge in [0.05, 0.1) is 22.9 Å². The standard InChI is InChI=1S/C24H28N6O2/c1-3-16-11-19-20(28-23(16)31)10-15(12-26-19)14-29-8-9-30(22-7-6-21(22)29)17-4-5-18(27-13-17)24(32)25-2/h4-5,10-13,21-22H,3,6-9,14H2,1-2H3,(H,25,32)(H,28,31)/t21-,22+/m1/s1. The van der Waals surface area contributed by atoms with Gasteiger partial charge in [0, 0.05) is 50.5 Å². The van der Waals surface area contributed by atoms with Gasteiger partial charge in [0.1, 0.15) is 5.69 Å². The van der Waals surface area contributed by atoms with Crippen molar-refractivity contribution in [3.8, 4) is 0 Å². The summed E-state index contributed by atoms with van der Waals surface area (Å²) in [7, 11) is 1.61. The van der Waals surface area contributed by atoms with Crippen LogP contribution in [0.2, 0.25) is 0 Å². The number of fused-ring (bicyclic) bond motifs is 2. The van der Waals surface area contributed by atoms with Gasteiger partial charge >= 0.3 is 0 Å². The second kappa shape index (κ2) is 8.35. The third-order valence-electron chi connectivity index (χ3n) is 6.83. The highest BCUT2D eigenvalue weighted by atomic mass is 16.1. The van der Waals surface area contributed by atoms with Crippen LogP contribution in [0.1, 0.15) is 41.4 Å². The zero-order valence-electron chi connectivity index (χ0n) is 18.5. The molecule has 2 fully saturated rings. The van der Waals surface area contributed by atoms with Crippen molar-refractivity contribution in [2.75, 3.05) is 25.0 Å². The molecule has 8 nitrogen and oxygen atoms in total. The molecule has 5 rings (SSSR count). The Bertz CT molecular complexity index is 1210. The first-order valence-electron chi connectivity index (χ1n) is 11.3. The zero-order chi connectivity index (χ0) is 22.2. The summed E-state index contributed by atoms with van der Waals surface area (Å²) in [5, 5.41) is 2.61. The Morgan fingerprint density at radius 3 is 2.69 bits per heavy atom. The second-order valence-corrected chi connectivity index (χ2v) is 8.61. The summed E-state index contributed by atoms with van der Waals surface area (Å²) in [5.41, 5.74) is 5.01. The lowest BCUT2D eigenvalue weighted by Crippen LogP contribution is -2.64. The number of nitrogens with one attached hydrogen (secondary N) is 2. The van der Waals surface area contributed by atoms with Crippen molar-refractivity contribution in [1.29, 1.82) is 0 Å². The summed E-state index contributed by atoms with van der Waals surface area (Å²) < 4.78 is 0. The Balaban J connectivity index is 1.30. The molecular formula is C24H28N6O2. The molecule has 8 heteroatoms. The Morgan fingerprint density at radius 1 is 1.16 bits per heavy atom. The molecule has 0 radical (unpaired) electrons. The number of piperazine rings is 1. The number of nitrogens with zero attached hydrogens (tertiary/aromatic N) is 4. The number of carbonyl (C=O) groups excluding carboxylic acids is 1. The van der Waals surface area contributed by atoms with E-state index in [0.29, 0.717) is 24.2 Å². The zero-order valence-corrected chi connectivity index (χ0v) is 18.5. The SMILES string of the molecule is CCc1cc2ncc(CN3CCN(c4ccc(C(=O)NC)nc4)[C@H]4CC[C@H]43)cc2[nH]c1=O. The number of amides is 1. The number of rotatable bonds is 5. The van der Waals surface area contributed by atoms with Gasteiger partial charge in [-0.25, -0.2) is 4.98 Å². The molecule has 1 aliphatic carbocycles. The van der Waals surface area contributed by atoms with Crippen LogP contribution in [0.3, 0.4) is 0 Å². The highest BCUT2D eigenvalue weighted by Gasteiger charge is 2.42. The van der Waals surface area contributed by atoms with Gasteiger partial charge in [-0.15, -0.1) is 0 Å². The molecule has 166 valence electrons. The van der Waals surface area contributed by atoms with Crippen LogP contribution in [0, 0.1) is 0 Å². The fourth-order valence-electron chi connectivity index (χ4n) is 4.91. The molecule has 4 heterocycles.